The third-order valence-electron chi connectivity index (χ3n) is 3.83. The number of carboxylic acids is 1. The highest BCUT2D eigenvalue weighted by Gasteiger charge is 2.39. The van der Waals surface area contributed by atoms with Crippen LogP contribution in [0.25, 0.3) is 0 Å². The van der Waals surface area contributed by atoms with Crippen LogP contribution in [0.5, 0.6) is 5.75 Å². The zero-order chi connectivity index (χ0) is 13.3. The molecule has 2 aliphatic heterocycles. The zero-order valence-corrected chi connectivity index (χ0v) is 10.7. The van der Waals surface area contributed by atoms with Gasteiger partial charge < -0.3 is 20.5 Å². The van der Waals surface area contributed by atoms with E-state index >= 15 is 0 Å². The molecular formula is C14H18N2O3. The predicted octanol–water partition coefficient (Wildman–Crippen LogP) is 0.396. The van der Waals surface area contributed by atoms with E-state index < -0.39 is 5.97 Å². The van der Waals surface area contributed by atoms with Gasteiger partial charge in [0.2, 0.25) is 0 Å². The average molecular weight is 262 g/mol. The molecule has 1 aromatic rings. The fourth-order valence-corrected chi connectivity index (χ4v) is 2.73. The first-order chi connectivity index (χ1) is 9.17. The van der Waals surface area contributed by atoms with Crippen molar-refractivity contribution in [1.82, 2.24) is 10.6 Å². The maximum absolute atomic E-state index is 10.9. The number of benzene rings is 1. The number of carboxylic acid groups (broad SMARTS) is 1. The van der Waals surface area contributed by atoms with Crippen molar-refractivity contribution in [3.05, 3.63) is 29.8 Å². The quantitative estimate of drug-likeness (QED) is 0.716. The van der Waals surface area contributed by atoms with Gasteiger partial charge in [0.15, 0.2) is 0 Å². The Morgan fingerprint density at radius 3 is 2.89 bits per heavy atom. The number of hydrogen-bond donors (Lipinski definition) is 3. The molecule has 5 nitrogen and oxygen atoms in total. The number of carbonyl (C=O) groups is 1. The van der Waals surface area contributed by atoms with Crippen molar-refractivity contribution >= 4 is 5.97 Å². The van der Waals surface area contributed by atoms with E-state index in [1.165, 1.54) is 5.56 Å². The van der Waals surface area contributed by atoms with Crippen molar-refractivity contribution < 1.29 is 14.6 Å². The van der Waals surface area contributed by atoms with E-state index in [4.69, 9.17) is 9.84 Å². The van der Waals surface area contributed by atoms with Gasteiger partial charge in [0.05, 0.1) is 12.0 Å². The zero-order valence-electron chi connectivity index (χ0n) is 10.7. The molecule has 0 spiro atoms. The maximum atomic E-state index is 10.9. The Kier molecular flexibility index (Phi) is 3.16. The molecule has 5 heteroatoms. The Morgan fingerprint density at radius 1 is 1.47 bits per heavy atom. The lowest BCUT2D eigenvalue weighted by Gasteiger charge is -2.43. The molecule has 3 N–H and O–H groups in total. The summed E-state index contributed by atoms with van der Waals surface area (Å²) >= 11 is 0. The van der Waals surface area contributed by atoms with E-state index in [9.17, 15) is 4.79 Å². The third-order valence-corrected chi connectivity index (χ3v) is 3.83. The highest BCUT2D eigenvalue weighted by atomic mass is 16.5. The molecule has 2 heterocycles. The molecule has 1 aromatic carbocycles. The van der Waals surface area contributed by atoms with Crippen LogP contribution in [0.15, 0.2) is 24.3 Å². The van der Waals surface area contributed by atoms with Gasteiger partial charge in [0.25, 0.3) is 0 Å². The van der Waals surface area contributed by atoms with Crippen molar-refractivity contribution in [2.45, 2.75) is 24.5 Å². The van der Waals surface area contributed by atoms with Gasteiger partial charge >= 0.3 is 5.97 Å². The number of ether oxygens (including phenoxy) is 1. The second-order valence-electron chi connectivity index (χ2n) is 5.39. The molecule has 1 atom stereocenters. The highest BCUT2D eigenvalue weighted by Crippen LogP contribution is 2.28. The Labute approximate surface area is 112 Å². The number of hydrogen-bond acceptors (Lipinski definition) is 4. The number of fused-ring (bicyclic) bond motifs is 1. The monoisotopic (exact) mass is 262 g/mol. The summed E-state index contributed by atoms with van der Waals surface area (Å²) in [7, 11) is 0. The van der Waals surface area contributed by atoms with Crippen LogP contribution < -0.4 is 15.4 Å². The Bertz CT molecular complexity index is 460. The number of para-hydroxylation sites is 1. The SMILES string of the molecule is O=C(O)CC1(NCC2Cc3ccccc3O2)CNC1. The highest BCUT2D eigenvalue weighted by molar-refractivity contribution is 5.68. The summed E-state index contributed by atoms with van der Waals surface area (Å²) < 4.78 is 5.85. The molecule has 19 heavy (non-hydrogen) atoms. The maximum Gasteiger partial charge on any atom is 0.305 e. The van der Waals surface area contributed by atoms with Crippen molar-refractivity contribution in [2.75, 3.05) is 19.6 Å². The second kappa shape index (κ2) is 4.83. The Morgan fingerprint density at radius 2 is 2.26 bits per heavy atom. The summed E-state index contributed by atoms with van der Waals surface area (Å²) in [5.41, 5.74) is 0.928. The topological polar surface area (TPSA) is 70.6 Å². The smallest absolute Gasteiger partial charge is 0.305 e. The third kappa shape index (κ3) is 2.57. The molecule has 0 bridgehead atoms. The van der Waals surface area contributed by atoms with E-state index in [1.54, 1.807) is 0 Å². The average Bonchev–Trinajstić information content (AvgIpc) is 2.74. The van der Waals surface area contributed by atoms with Crippen molar-refractivity contribution in [2.24, 2.45) is 0 Å². The summed E-state index contributed by atoms with van der Waals surface area (Å²) in [6.07, 6.45) is 1.14. The lowest BCUT2D eigenvalue weighted by atomic mass is 9.88. The molecule has 1 saturated heterocycles. The lowest BCUT2D eigenvalue weighted by Crippen LogP contribution is -2.69. The molecule has 0 radical (unpaired) electrons. The molecule has 1 fully saturated rings. The molecule has 2 aliphatic rings. The first-order valence-corrected chi connectivity index (χ1v) is 6.59. The predicted molar refractivity (Wildman–Crippen MR) is 70.4 cm³/mol. The first kappa shape index (κ1) is 12.4. The van der Waals surface area contributed by atoms with Crippen LogP contribution in [0.1, 0.15) is 12.0 Å². The van der Waals surface area contributed by atoms with Crippen LogP contribution >= 0.6 is 0 Å². The standard InChI is InChI=1S/C14H18N2O3/c17-13(18)6-14(8-15-9-14)16-7-11-5-10-3-1-2-4-12(10)19-11/h1-4,11,15-16H,5-9H2,(H,17,18). The molecule has 102 valence electrons. The summed E-state index contributed by atoms with van der Waals surface area (Å²) in [4.78, 5) is 10.9. The van der Waals surface area contributed by atoms with Crippen molar-refractivity contribution in [3.63, 3.8) is 0 Å². The van der Waals surface area contributed by atoms with E-state index in [2.05, 4.69) is 16.7 Å². The Balaban J connectivity index is 1.55. The van der Waals surface area contributed by atoms with Crippen LogP contribution in [-0.2, 0) is 11.2 Å². The van der Waals surface area contributed by atoms with E-state index in [0.29, 0.717) is 19.6 Å². The molecule has 0 aliphatic carbocycles. The molecule has 3 rings (SSSR count). The van der Waals surface area contributed by atoms with Crippen LogP contribution in [0.3, 0.4) is 0 Å². The van der Waals surface area contributed by atoms with Gasteiger partial charge in [-0.1, -0.05) is 18.2 Å². The van der Waals surface area contributed by atoms with Crippen LogP contribution in [0.2, 0.25) is 0 Å². The van der Waals surface area contributed by atoms with Crippen LogP contribution in [-0.4, -0.2) is 42.4 Å². The minimum Gasteiger partial charge on any atom is -0.488 e. The summed E-state index contributed by atoms with van der Waals surface area (Å²) in [6, 6.07) is 8.04. The minimum absolute atomic E-state index is 0.101. The second-order valence-corrected chi connectivity index (χ2v) is 5.39. The fourth-order valence-electron chi connectivity index (χ4n) is 2.73. The van der Waals surface area contributed by atoms with Gasteiger partial charge in [0, 0.05) is 26.1 Å². The van der Waals surface area contributed by atoms with Crippen molar-refractivity contribution in [3.8, 4) is 5.75 Å². The molecule has 0 saturated carbocycles. The molecule has 0 amide bonds. The van der Waals surface area contributed by atoms with Gasteiger partial charge in [0.1, 0.15) is 11.9 Å². The van der Waals surface area contributed by atoms with Crippen LogP contribution in [0, 0.1) is 0 Å². The van der Waals surface area contributed by atoms with Crippen molar-refractivity contribution in [1.29, 1.82) is 0 Å². The number of aliphatic carboxylic acids is 1. The normalized spacial score (nSPS) is 23.3. The molecular weight excluding hydrogens is 244 g/mol. The van der Waals surface area contributed by atoms with E-state index in [-0.39, 0.29) is 18.1 Å². The number of nitrogens with one attached hydrogen (secondary N) is 2. The molecule has 1 unspecified atom stereocenters. The van der Waals surface area contributed by atoms with E-state index in [0.717, 1.165) is 12.2 Å². The lowest BCUT2D eigenvalue weighted by molar-refractivity contribution is -0.139. The summed E-state index contributed by atoms with van der Waals surface area (Å²) in [5, 5.41) is 15.5. The van der Waals surface area contributed by atoms with Gasteiger partial charge in [-0.05, 0) is 11.6 Å². The van der Waals surface area contributed by atoms with E-state index in [1.807, 2.05) is 18.2 Å². The summed E-state index contributed by atoms with van der Waals surface area (Å²) in [6.45, 7) is 2.10. The van der Waals surface area contributed by atoms with Crippen LogP contribution in [0.4, 0.5) is 0 Å². The van der Waals surface area contributed by atoms with Gasteiger partial charge in [-0.25, -0.2) is 0 Å². The summed E-state index contributed by atoms with van der Waals surface area (Å²) in [5.74, 6) is 0.193. The minimum atomic E-state index is -0.760. The first-order valence-electron chi connectivity index (χ1n) is 6.59. The number of rotatable bonds is 5. The largest absolute Gasteiger partial charge is 0.488 e. The molecule has 0 aromatic heterocycles. The van der Waals surface area contributed by atoms with Gasteiger partial charge in [-0.15, -0.1) is 0 Å². The fraction of sp³-hybridized carbons (Fsp3) is 0.500. The van der Waals surface area contributed by atoms with Gasteiger partial charge in [-0.3, -0.25) is 4.79 Å². The Hall–Kier alpha value is -1.59. The van der Waals surface area contributed by atoms with Gasteiger partial charge in [-0.2, -0.15) is 0 Å².